The van der Waals surface area contributed by atoms with Crippen molar-refractivity contribution in [1.82, 2.24) is 15.3 Å². The van der Waals surface area contributed by atoms with Crippen molar-refractivity contribution >= 4 is 16.8 Å². The lowest BCUT2D eigenvalue weighted by Gasteiger charge is -2.10. The molecule has 0 aliphatic rings. The number of carbonyl (C=O) groups is 1. The van der Waals surface area contributed by atoms with Gasteiger partial charge in [0.15, 0.2) is 5.82 Å². The highest BCUT2D eigenvalue weighted by Gasteiger charge is 2.15. The Labute approximate surface area is 177 Å². The quantitative estimate of drug-likeness (QED) is 0.474. The molecule has 4 rings (SSSR count). The van der Waals surface area contributed by atoms with Gasteiger partial charge in [0.2, 0.25) is 0 Å². The van der Waals surface area contributed by atoms with Crippen LogP contribution in [0.1, 0.15) is 35.5 Å². The van der Waals surface area contributed by atoms with Gasteiger partial charge in [0.25, 0.3) is 5.91 Å². The molecule has 0 bridgehead atoms. The Kier molecular flexibility index (Phi) is 5.84. The number of amides is 1. The molecule has 0 spiro atoms. The van der Waals surface area contributed by atoms with Crippen molar-refractivity contribution < 1.29 is 4.79 Å². The largest absolute Gasteiger partial charge is 0.347 e. The minimum absolute atomic E-state index is 0.199. The van der Waals surface area contributed by atoms with Crippen LogP contribution in [0.15, 0.2) is 78.9 Å². The van der Waals surface area contributed by atoms with E-state index in [0.717, 1.165) is 28.5 Å². The molecule has 0 unspecified atom stereocenters. The van der Waals surface area contributed by atoms with Crippen LogP contribution in [0.2, 0.25) is 0 Å². The number of carbonyl (C=O) groups excluding carboxylic acids is 1. The highest BCUT2D eigenvalue weighted by molar-refractivity contribution is 6.04. The molecule has 30 heavy (non-hydrogen) atoms. The van der Waals surface area contributed by atoms with Crippen molar-refractivity contribution in [2.24, 2.45) is 5.92 Å². The van der Waals surface area contributed by atoms with E-state index in [2.05, 4.69) is 36.3 Å². The molecule has 1 heterocycles. The number of nitrogens with zero attached hydrogens (tertiary/aromatic N) is 2. The van der Waals surface area contributed by atoms with Crippen molar-refractivity contribution in [1.29, 1.82) is 0 Å². The maximum Gasteiger partial charge on any atom is 0.270 e. The average molecular weight is 396 g/mol. The van der Waals surface area contributed by atoms with Gasteiger partial charge in [-0.25, -0.2) is 9.97 Å². The van der Waals surface area contributed by atoms with E-state index in [-0.39, 0.29) is 5.91 Å². The number of fused-ring (bicyclic) bond motifs is 1. The molecule has 4 heteroatoms. The molecule has 1 amide bonds. The average Bonchev–Trinajstić information content (AvgIpc) is 2.77. The summed E-state index contributed by atoms with van der Waals surface area (Å²) >= 11 is 0. The van der Waals surface area contributed by atoms with Crippen LogP contribution in [0, 0.1) is 5.92 Å². The molecule has 4 aromatic rings. The first-order valence-electron chi connectivity index (χ1n) is 10.3. The van der Waals surface area contributed by atoms with Crippen molar-refractivity contribution in [2.75, 3.05) is 0 Å². The summed E-state index contributed by atoms with van der Waals surface area (Å²) in [7, 11) is 0. The van der Waals surface area contributed by atoms with E-state index < -0.39 is 0 Å². The monoisotopic (exact) mass is 395 g/mol. The van der Waals surface area contributed by atoms with E-state index in [0.29, 0.717) is 24.0 Å². The third kappa shape index (κ3) is 4.54. The van der Waals surface area contributed by atoms with Gasteiger partial charge in [0.1, 0.15) is 5.69 Å². The fourth-order valence-corrected chi connectivity index (χ4v) is 3.50. The van der Waals surface area contributed by atoms with Crippen LogP contribution in [0.5, 0.6) is 0 Å². The van der Waals surface area contributed by atoms with E-state index in [4.69, 9.17) is 4.98 Å². The normalized spacial score (nSPS) is 11.0. The predicted molar refractivity (Wildman–Crippen MR) is 121 cm³/mol. The van der Waals surface area contributed by atoms with Crippen LogP contribution < -0.4 is 5.32 Å². The second-order valence-electron chi connectivity index (χ2n) is 7.88. The molecule has 0 aliphatic heterocycles. The van der Waals surface area contributed by atoms with Gasteiger partial charge in [0.05, 0.1) is 5.52 Å². The summed E-state index contributed by atoms with van der Waals surface area (Å²) in [5, 5.41) is 3.74. The smallest absolute Gasteiger partial charge is 0.270 e. The molecule has 4 nitrogen and oxygen atoms in total. The Morgan fingerprint density at radius 2 is 1.53 bits per heavy atom. The molecule has 0 atom stereocenters. The predicted octanol–water partition coefficient (Wildman–Crippen LogP) is 5.43. The van der Waals surface area contributed by atoms with Gasteiger partial charge in [-0.1, -0.05) is 86.6 Å². The van der Waals surface area contributed by atoms with Crippen molar-refractivity contribution in [3.05, 3.63) is 95.7 Å². The van der Waals surface area contributed by atoms with Crippen molar-refractivity contribution in [3.8, 4) is 11.4 Å². The summed E-state index contributed by atoms with van der Waals surface area (Å²) in [6, 6.07) is 25.8. The van der Waals surface area contributed by atoms with Crippen LogP contribution in [0.4, 0.5) is 0 Å². The van der Waals surface area contributed by atoms with E-state index in [9.17, 15) is 4.79 Å². The topological polar surface area (TPSA) is 54.9 Å². The third-order valence-corrected chi connectivity index (χ3v) is 4.97. The Balaban J connectivity index is 1.66. The zero-order valence-electron chi connectivity index (χ0n) is 17.3. The Hall–Kier alpha value is -3.53. The fourth-order valence-electron chi connectivity index (χ4n) is 3.50. The number of nitrogens with one attached hydrogen (secondary N) is 1. The number of para-hydroxylation sites is 1. The molecular formula is C26H25N3O. The van der Waals surface area contributed by atoms with E-state index in [1.165, 1.54) is 5.56 Å². The van der Waals surface area contributed by atoms with Crippen LogP contribution in [0.25, 0.3) is 22.3 Å². The van der Waals surface area contributed by atoms with Crippen LogP contribution >= 0.6 is 0 Å². The van der Waals surface area contributed by atoms with Gasteiger partial charge in [-0.3, -0.25) is 4.79 Å². The highest BCUT2D eigenvalue weighted by Crippen LogP contribution is 2.23. The standard InChI is InChI=1S/C26H25N3O/c1-18(2)16-19-12-14-21(15-13-19)25-28-23-11-7-6-10-22(23)24(29-25)26(30)27-17-20-8-4-3-5-9-20/h3-15,18H,16-17H2,1-2H3,(H,27,30). The van der Waals surface area contributed by atoms with Gasteiger partial charge in [-0.2, -0.15) is 0 Å². The molecule has 0 saturated heterocycles. The first-order chi connectivity index (χ1) is 14.6. The van der Waals surface area contributed by atoms with Gasteiger partial charge < -0.3 is 5.32 Å². The summed E-state index contributed by atoms with van der Waals surface area (Å²) in [5.41, 5.74) is 4.40. The molecule has 3 aromatic carbocycles. The fraction of sp³-hybridized carbons (Fsp3) is 0.192. The summed E-state index contributed by atoms with van der Waals surface area (Å²) in [6.45, 7) is 4.87. The van der Waals surface area contributed by atoms with Crippen molar-refractivity contribution in [3.63, 3.8) is 0 Å². The Morgan fingerprint density at radius 1 is 0.833 bits per heavy atom. The second kappa shape index (κ2) is 8.87. The number of benzene rings is 3. The summed E-state index contributed by atoms with van der Waals surface area (Å²) < 4.78 is 0. The SMILES string of the molecule is CC(C)Cc1ccc(-c2nc(C(=O)NCc3ccccc3)c3ccccc3n2)cc1. The highest BCUT2D eigenvalue weighted by atomic mass is 16.1. The molecule has 1 N–H and O–H groups in total. The summed E-state index contributed by atoms with van der Waals surface area (Å²) in [5.74, 6) is 0.970. The first kappa shape index (κ1) is 19.8. The van der Waals surface area contributed by atoms with Crippen LogP contribution in [-0.2, 0) is 13.0 Å². The Morgan fingerprint density at radius 3 is 2.27 bits per heavy atom. The van der Waals surface area contributed by atoms with Crippen LogP contribution in [-0.4, -0.2) is 15.9 Å². The van der Waals surface area contributed by atoms with Gasteiger partial charge in [0, 0.05) is 17.5 Å². The summed E-state index contributed by atoms with van der Waals surface area (Å²) in [4.78, 5) is 22.3. The summed E-state index contributed by atoms with van der Waals surface area (Å²) in [6.07, 6.45) is 1.03. The molecule has 0 saturated carbocycles. The van der Waals surface area contributed by atoms with Gasteiger partial charge >= 0.3 is 0 Å². The maximum absolute atomic E-state index is 13.0. The van der Waals surface area contributed by atoms with Crippen molar-refractivity contribution in [2.45, 2.75) is 26.8 Å². The minimum Gasteiger partial charge on any atom is -0.347 e. The molecule has 0 radical (unpaired) electrons. The first-order valence-corrected chi connectivity index (χ1v) is 10.3. The lowest BCUT2D eigenvalue weighted by molar-refractivity contribution is 0.0947. The lowest BCUT2D eigenvalue weighted by atomic mass is 10.0. The lowest BCUT2D eigenvalue weighted by Crippen LogP contribution is -2.24. The molecule has 0 fully saturated rings. The molecule has 0 aliphatic carbocycles. The molecular weight excluding hydrogens is 370 g/mol. The van der Waals surface area contributed by atoms with Crippen LogP contribution in [0.3, 0.4) is 0 Å². The zero-order chi connectivity index (χ0) is 20.9. The number of rotatable bonds is 6. The number of aromatic nitrogens is 2. The van der Waals surface area contributed by atoms with Gasteiger partial charge in [-0.05, 0) is 29.5 Å². The zero-order valence-corrected chi connectivity index (χ0v) is 17.3. The minimum atomic E-state index is -0.199. The molecule has 150 valence electrons. The number of hydrogen-bond acceptors (Lipinski definition) is 3. The third-order valence-electron chi connectivity index (χ3n) is 4.97. The van der Waals surface area contributed by atoms with Gasteiger partial charge in [-0.15, -0.1) is 0 Å². The van der Waals surface area contributed by atoms with E-state index >= 15 is 0 Å². The van der Waals surface area contributed by atoms with E-state index in [1.807, 2.05) is 66.7 Å². The maximum atomic E-state index is 13.0. The van der Waals surface area contributed by atoms with E-state index in [1.54, 1.807) is 0 Å². The molecule has 1 aromatic heterocycles. The Bertz CT molecular complexity index is 1150. The number of hydrogen-bond donors (Lipinski definition) is 1. The second-order valence-corrected chi connectivity index (χ2v) is 7.88.